The fraction of sp³-hybridized carbons (Fsp3) is 0.900. The van der Waals surface area contributed by atoms with Crippen molar-refractivity contribution in [3.8, 4) is 0 Å². The number of aliphatic carboxylic acids is 1. The number of carboxylic acids is 1. The summed E-state index contributed by atoms with van der Waals surface area (Å²) in [6, 6.07) is 0. The lowest BCUT2D eigenvalue weighted by Crippen LogP contribution is -2.63. The van der Waals surface area contributed by atoms with Gasteiger partial charge in [0.25, 0.3) is 0 Å². The Labute approximate surface area is 131 Å². The van der Waals surface area contributed by atoms with Crippen LogP contribution in [0.1, 0.15) is 19.3 Å². The third-order valence-electron chi connectivity index (χ3n) is 3.20. The van der Waals surface area contributed by atoms with Crippen molar-refractivity contribution in [2.75, 3.05) is 19.7 Å². The molecule has 2 atom stereocenters. The molecule has 0 aliphatic carbocycles. The molecular formula is C10H23BCl2N2O5. The number of carboxylic acid groups (broad SMARTS) is 1. The van der Waals surface area contributed by atoms with E-state index in [0.717, 1.165) is 0 Å². The van der Waals surface area contributed by atoms with Crippen molar-refractivity contribution < 1.29 is 24.7 Å². The Morgan fingerprint density at radius 1 is 1.40 bits per heavy atom. The predicted molar refractivity (Wildman–Crippen MR) is 80.5 cm³/mol. The summed E-state index contributed by atoms with van der Waals surface area (Å²) < 4.78 is 5.42. The van der Waals surface area contributed by atoms with Crippen LogP contribution in [0.5, 0.6) is 0 Å². The molecule has 0 saturated carbocycles. The molecule has 1 rings (SSSR count). The average Bonchev–Trinajstić information content (AvgIpc) is 2.35. The molecule has 0 bridgehead atoms. The molecule has 0 aromatic heterocycles. The molecule has 2 unspecified atom stereocenters. The van der Waals surface area contributed by atoms with Gasteiger partial charge in [0.1, 0.15) is 5.54 Å². The highest BCUT2D eigenvalue weighted by atomic mass is 35.5. The van der Waals surface area contributed by atoms with E-state index in [1.807, 2.05) is 0 Å². The minimum Gasteiger partial charge on any atom is -0.480 e. The molecule has 1 heterocycles. The fourth-order valence-corrected chi connectivity index (χ4v) is 2.05. The first-order valence-corrected chi connectivity index (χ1v) is 6.17. The van der Waals surface area contributed by atoms with E-state index in [-0.39, 0.29) is 37.6 Å². The van der Waals surface area contributed by atoms with Crippen LogP contribution >= 0.6 is 24.8 Å². The van der Waals surface area contributed by atoms with Gasteiger partial charge in [0, 0.05) is 13.1 Å². The lowest BCUT2D eigenvalue weighted by molar-refractivity contribution is -0.151. The first-order chi connectivity index (χ1) is 8.47. The Morgan fingerprint density at radius 3 is 2.50 bits per heavy atom. The highest BCUT2D eigenvalue weighted by molar-refractivity contribution is 6.40. The number of hydrogen-bond donors (Lipinski definition) is 5. The zero-order valence-corrected chi connectivity index (χ0v) is 12.8. The number of ether oxygens (including phenoxy) is 1. The summed E-state index contributed by atoms with van der Waals surface area (Å²) in [5, 5.41) is 29.7. The molecule has 1 saturated heterocycles. The fourth-order valence-electron chi connectivity index (χ4n) is 2.05. The number of hydrogen-bond acceptors (Lipinski definition) is 6. The van der Waals surface area contributed by atoms with Crippen molar-refractivity contribution in [3.05, 3.63) is 0 Å². The lowest BCUT2D eigenvalue weighted by Gasteiger charge is -2.36. The average molecular weight is 333 g/mol. The number of nitrogens with one attached hydrogen (secondary N) is 1. The van der Waals surface area contributed by atoms with E-state index < -0.39 is 24.7 Å². The van der Waals surface area contributed by atoms with Crippen molar-refractivity contribution in [1.29, 1.82) is 0 Å². The minimum absolute atomic E-state index is 0. The quantitative estimate of drug-likeness (QED) is 0.306. The van der Waals surface area contributed by atoms with Gasteiger partial charge in [0.2, 0.25) is 0 Å². The molecule has 0 aromatic rings. The number of nitrogens with two attached hydrogens (primary N) is 1. The van der Waals surface area contributed by atoms with Crippen LogP contribution in [0.4, 0.5) is 0 Å². The summed E-state index contributed by atoms with van der Waals surface area (Å²) in [5.74, 6) is -1.08. The summed E-state index contributed by atoms with van der Waals surface area (Å²) in [6.45, 7) is 1.57. The Morgan fingerprint density at radius 2 is 2.05 bits per heavy atom. The van der Waals surface area contributed by atoms with E-state index in [9.17, 15) is 9.90 Å². The van der Waals surface area contributed by atoms with Crippen LogP contribution in [0.3, 0.4) is 0 Å². The van der Waals surface area contributed by atoms with Crippen LogP contribution in [-0.2, 0) is 9.53 Å². The zero-order valence-electron chi connectivity index (χ0n) is 11.2. The van der Waals surface area contributed by atoms with Crippen molar-refractivity contribution in [2.45, 2.75) is 37.2 Å². The summed E-state index contributed by atoms with van der Waals surface area (Å²) in [4.78, 5) is 11.3. The van der Waals surface area contributed by atoms with E-state index in [0.29, 0.717) is 32.5 Å². The number of morpholine rings is 1. The van der Waals surface area contributed by atoms with Gasteiger partial charge < -0.3 is 30.9 Å². The van der Waals surface area contributed by atoms with E-state index in [1.165, 1.54) is 0 Å². The first-order valence-electron chi connectivity index (χ1n) is 6.17. The molecule has 0 radical (unpaired) electrons. The predicted octanol–water partition coefficient (Wildman–Crippen LogP) is -0.756. The van der Waals surface area contributed by atoms with Gasteiger partial charge in [-0.2, -0.15) is 0 Å². The Kier molecular flexibility index (Phi) is 11.8. The van der Waals surface area contributed by atoms with Crippen molar-refractivity contribution >= 4 is 37.9 Å². The third kappa shape index (κ3) is 6.58. The van der Waals surface area contributed by atoms with E-state index in [1.54, 1.807) is 0 Å². The Hall–Kier alpha value is -0.0851. The van der Waals surface area contributed by atoms with Gasteiger partial charge in [0.15, 0.2) is 0 Å². The molecule has 20 heavy (non-hydrogen) atoms. The molecule has 120 valence electrons. The molecule has 0 spiro atoms. The topological polar surface area (TPSA) is 125 Å². The van der Waals surface area contributed by atoms with Crippen molar-refractivity contribution in [1.82, 2.24) is 5.32 Å². The minimum atomic E-state index is -1.42. The second kappa shape index (κ2) is 10.6. The second-order valence-electron chi connectivity index (χ2n) is 4.64. The van der Waals surface area contributed by atoms with Crippen LogP contribution in [0.25, 0.3) is 0 Å². The second-order valence-corrected chi connectivity index (χ2v) is 4.64. The van der Waals surface area contributed by atoms with Crippen LogP contribution < -0.4 is 11.1 Å². The summed E-state index contributed by atoms with van der Waals surface area (Å²) >= 11 is 0. The van der Waals surface area contributed by atoms with E-state index in [2.05, 4.69) is 5.32 Å². The van der Waals surface area contributed by atoms with Gasteiger partial charge in [-0.1, -0.05) is 12.8 Å². The molecule has 6 N–H and O–H groups in total. The molecule has 0 amide bonds. The normalized spacial score (nSPS) is 21.1. The van der Waals surface area contributed by atoms with Gasteiger partial charge in [-0.05, 0) is 12.7 Å². The highest BCUT2D eigenvalue weighted by Gasteiger charge is 2.43. The van der Waals surface area contributed by atoms with Gasteiger partial charge in [-0.25, -0.2) is 0 Å². The smallest absolute Gasteiger partial charge is 0.451 e. The summed E-state index contributed by atoms with van der Waals surface area (Å²) in [7, 11) is -1.35. The molecular weight excluding hydrogens is 310 g/mol. The Bertz CT molecular complexity index is 282. The van der Waals surface area contributed by atoms with Crippen LogP contribution in [0.2, 0.25) is 6.32 Å². The molecule has 10 heteroatoms. The molecule has 7 nitrogen and oxygen atoms in total. The molecule has 1 aliphatic heterocycles. The third-order valence-corrected chi connectivity index (χ3v) is 3.20. The van der Waals surface area contributed by atoms with Gasteiger partial charge >= 0.3 is 13.1 Å². The van der Waals surface area contributed by atoms with Crippen molar-refractivity contribution in [3.63, 3.8) is 0 Å². The van der Waals surface area contributed by atoms with Gasteiger partial charge in [0.05, 0.1) is 12.7 Å². The van der Waals surface area contributed by atoms with E-state index >= 15 is 0 Å². The van der Waals surface area contributed by atoms with Crippen LogP contribution in [0, 0.1) is 0 Å². The number of unbranched alkanes of at least 4 members (excludes halogenated alkanes) is 1. The lowest BCUT2D eigenvalue weighted by atomic mass is 9.80. The number of halogens is 2. The number of rotatable bonds is 7. The summed E-state index contributed by atoms with van der Waals surface area (Å²) in [6.07, 6.45) is 0.952. The van der Waals surface area contributed by atoms with Gasteiger partial charge in [-0.15, -0.1) is 24.8 Å². The maximum absolute atomic E-state index is 11.3. The van der Waals surface area contributed by atoms with Gasteiger partial charge in [-0.3, -0.25) is 4.79 Å². The molecule has 1 aliphatic rings. The molecule has 0 aromatic carbocycles. The Balaban J connectivity index is 0. The largest absolute Gasteiger partial charge is 0.480 e. The summed E-state index contributed by atoms with van der Waals surface area (Å²) in [5.41, 5.74) is 4.52. The van der Waals surface area contributed by atoms with Crippen LogP contribution in [0.15, 0.2) is 0 Å². The zero-order chi connectivity index (χ0) is 13.6. The molecule has 1 fully saturated rings. The number of carbonyl (C=O) groups is 1. The van der Waals surface area contributed by atoms with Crippen LogP contribution in [-0.4, -0.2) is 59.6 Å². The highest BCUT2D eigenvalue weighted by Crippen LogP contribution is 2.21. The van der Waals surface area contributed by atoms with E-state index in [4.69, 9.17) is 20.5 Å². The maximum atomic E-state index is 11.3. The standard InChI is InChI=1S/C10H21BN2O5.2ClH/c12-10(9(14)15,3-1-2-4-11(16)17)8-7-13-5-6-18-8;;/h8,13,16-17H,1-7,12H2,(H,14,15);2*1H. The first kappa shape index (κ1) is 22.2. The SMILES string of the molecule is Cl.Cl.NC(CCCCB(O)O)(C(=O)O)C1CNCCO1. The van der Waals surface area contributed by atoms with Crippen molar-refractivity contribution in [2.24, 2.45) is 5.73 Å². The maximum Gasteiger partial charge on any atom is 0.451 e. The monoisotopic (exact) mass is 332 g/mol.